The summed E-state index contributed by atoms with van der Waals surface area (Å²) in [6, 6.07) is 40.8. The Morgan fingerprint density at radius 3 is 2.13 bits per heavy atom. The van der Waals surface area contributed by atoms with Crippen LogP contribution in [0.15, 0.2) is 108 Å². The summed E-state index contributed by atoms with van der Waals surface area (Å²) in [5.74, 6) is 10.3. The van der Waals surface area contributed by atoms with E-state index in [4.69, 9.17) is 19.4 Å². The van der Waals surface area contributed by atoms with Gasteiger partial charge in [0.2, 0.25) is 5.71 Å². The Morgan fingerprint density at radius 1 is 0.738 bits per heavy atom. The number of hydrogen-bond donors (Lipinski definition) is 0. The van der Waals surface area contributed by atoms with Gasteiger partial charge in [-0.1, -0.05) is 77.3 Å². The second-order valence-corrected chi connectivity index (χ2v) is 29.4. The first-order valence-corrected chi connectivity index (χ1v) is 29.5. The second kappa shape index (κ2) is 18.9. The Kier molecular flexibility index (Phi) is 13.9. The van der Waals surface area contributed by atoms with Gasteiger partial charge in [0, 0.05) is 36.9 Å². The maximum absolute atomic E-state index is 6.14. The fraction of sp³-hybridized carbons (Fsp3) is 0.352. The molecule has 9 rings (SSSR count). The van der Waals surface area contributed by atoms with E-state index < -0.39 is 13.3 Å². The summed E-state index contributed by atoms with van der Waals surface area (Å²) >= 11 is -1.89. The standard InChI is InChI=1S/C33H32N3O.C21H28GeN.Ir/c1-19(2)23-10-9-11-24(20(3)4)31(23)36-29-13-8-7-12-28(29)34-32(36)22-14-17-30-26(18-22)25-15-16-27(21(5)6)35-33(25)37-30;1-22(2,3)20-16-23-21(18-12-8-5-9-13-18)15-19(20)14-17-10-6-4-7-11-17;/h7-13,15-21H,1-6H3;5,8-9,12,15-17H,4,6-7,10-11,14H2,1-3H3;/q2*-1;. The summed E-state index contributed by atoms with van der Waals surface area (Å²) in [5, 5.41) is 2.05. The molecule has 317 valence electrons. The summed E-state index contributed by atoms with van der Waals surface area (Å²) in [6.07, 6.45) is 10.5. The Hall–Kier alpha value is -4.36. The van der Waals surface area contributed by atoms with E-state index in [1.165, 1.54) is 55.3 Å². The third-order valence-electron chi connectivity index (χ3n) is 12.3. The third-order valence-corrected chi connectivity index (χ3v) is 16.6. The van der Waals surface area contributed by atoms with Crippen LogP contribution in [0.1, 0.15) is 114 Å². The first-order chi connectivity index (χ1) is 28.9. The molecular weight excluding hydrogens is 985 g/mol. The predicted octanol–water partition coefficient (Wildman–Crippen LogP) is 14.4. The maximum atomic E-state index is 6.14. The number of fused-ring (bicyclic) bond motifs is 4. The van der Waals surface area contributed by atoms with E-state index in [2.05, 4.69) is 161 Å². The fourth-order valence-corrected chi connectivity index (χ4v) is 12.3. The van der Waals surface area contributed by atoms with Crippen molar-refractivity contribution in [3.63, 3.8) is 0 Å². The third kappa shape index (κ3) is 9.53. The minimum Gasteiger partial charge on any atom is 0 e. The Bertz CT molecular complexity index is 2730. The van der Waals surface area contributed by atoms with Crippen LogP contribution in [-0.4, -0.2) is 32.8 Å². The van der Waals surface area contributed by atoms with Crippen molar-refractivity contribution in [3.05, 3.63) is 138 Å². The Balaban J connectivity index is 0.000000202. The monoisotopic (exact) mass is 1050 g/mol. The summed E-state index contributed by atoms with van der Waals surface area (Å²) < 4.78 is 10.1. The van der Waals surface area contributed by atoms with Crippen LogP contribution >= 0.6 is 0 Å². The van der Waals surface area contributed by atoms with Crippen molar-refractivity contribution >= 4 is 50.8 Å². The molecule has 4 aromatic carbocycles. The van der Waals surface area contributed by atoms with Gasteiger partial charge in [0.05, 0.1) is 22.4 Å². The first kappa shape index (κ1) is 44.7. The number of pyridine rings is 2. The number of furan rings is 1. The van der Waals surface area contributed by atoms with Crippen LogP contribution in [-0.2, 0) is 26.5 Å². The van der Waals surface area contributed by atoms with Gasteiger partial charge in [-0.3, -0.25) is 4.98 Å². The maximum Gasteiger partial charge on any atom is 0 e. The number of imidazole rings is 1. The molecule has 1 radical (unpaired) electrons. The van der Waals surface area contributed by atoms with Crippen LogP contribution in [0.25, 0.3) is 61.4 Å². The average molecular weight is 1050 g/mol. The molecule has 8 aromatic rings. The molecule has 0 unspecified atom stereocenters. The molecule has 0 saturated heterocycles. The van der Waals surface area contributed by atoms with Gasteiger partial charge in [-0.2, -0.15) is 0 Å². The van der Waals surface area contributed by atoms with Gasteiger partial charge in [-0.25, -0.2) is 4.98 Å². The van der Waals surface area contributed by atoms with Gasteiger partial charge in [0.1, 0.15) is 0 Å². The molecule has 61 heavy (non-hydrogen) atoms. The van der Waals surface area contributed by atoms with Gasteiger partial charge in [-0.15, -0.1) is 23.8 Å². The molecule has 0 bridgehead atoms. The molecule has 0 atom stereocenters. The van der Waals surface area contributed by atoms with Crippen molar-refractivity contribution < 1.29 is 24.5 Å². The average Bonchev–Trinajstić information content (AvgIpc) is 3.81. The molecular formula is C54H60GeIrN4O-2. The normalized spacial score (nSPS) is 13.6. The second-order valence-electron chi connectivity index (χ2n) is 18.8. The molecule has 5 nitrogen and oxygen atoms in total. The van der Waals surface area contributed by atoms with Crippen LogP contribution in [0, 0.1) is 18.1 Å². The smallest absolute Gasteiger partial charge is 0 e. The number of benzene rings is 4. The topological polar surface area (TPSA) is 56.7 Å². The molecule has 1 fully saturated rings. The molecule has 0 N–H and O–H groups in total. The van der Waals surface area contributed by atoms with Crippen LogP contribution in [0.3, 0.4) is 0 Å². The summed E-state index contributed by atoms with van der Waals surface area (Å²) in [6.45, 7) is 13.3. The van der Waals surface area contributed by atoms with Crippen molar-refractivity contribution in [1.29, 1.82) is 0 Å². The minimum atomic E-state index is -1.89. The predicted molar refractivity (Wildman–Crippen MR) is 254 cm³/mol. The first-order valence-electron chi connectivity index (χ1n) is 22.2. The fourth-order valence-electron chi connectivity index (χ4n) is 9.01. The van der Waals surface area contributed by atoms with E-state index in [0.717, 1.165) is 61.6 Å². The van der Waals surface area contributed by atoms with Gasteiger partial charge >= 0.3 is 144 Å². The number of aromatic nitrogens is 4. The van der Waals surface area contributed by atoms with Crippen molar-refractivity contribution in [1.82, 2.24) is 19.5 Å². The molecule has 1 aliphatic carbocycles. The van der Waals surface area contributed by atoms with Crippen LogP contribution in [0.4, 0.5) is 0 Å². The SMILES string of the molecule is CC(C)c1ccc2c(n1)oc1c[c-]c(-c3nc4ccccc4n3-c3c(C(C)C)cccc3C(C)C)cc12.[CH3][Ge]([CH3])([CH3])[c]1cnc(-c2[c-]cccc2)cc1CC1CCCCC1.[Ir]. The van der Waals surface area contributed by atoms with Gasteiger partial charge in [0.15, 0.2) is 0 Å². The van der Waals surface area contributed by atoms with Crippen molar-refractivity contribution in [2.75, 3.05) is 0 Å². The van der Waals surface area contributed by atoms with Gasteiger partial charge in [0.25, 0.3) is 0 Å². The summed E-state index contributed by atoms with van der Waals surface area (Å²) in [7, 11) is 0. The van der Waals surface area contributed by atoms with E-state index in [0.29, 0.717) is 23.5 Å². The zero-order chi connectivity index (χ0) is 42.1. The van der Waals surface area contributed by atoms with Gasteiger partial charge in [-0.05, 0) is 53.1 Å². The van der Waals surface area contributed by atoms with Crippen LogP contribution in [0.2, 0.25) is 17.3 Å². The Morgan fingerprint density at radius 2 is 1.46 bits per heavy atom. The molecule has 1 saturated carbocycles. The summed E-state index contributed by atoms with van der Waals surface area (Å²) in [5.41, 5.74) is 13.1. The molecule has 4 heterocycles. The molecule has 0 amide bonds. The zero-order valence-corrected chi connectivity index (χ0v) is 41.9. The van der Waals surface area contributed by atoms with E-state index in [1.807, 2.05) is 18.2 Å². The zero-order valence-electron chi connectivity index (χ0n) is 37.4. The number of rotatable bonds is 9. The molecule has 4 aromatic heterocycles. The minimum absolute atomic E-state index is 0. The van der Waals surface area contributed by atoms with Crippen molar-refractivity contribution in [2.45, 2.75) is 115 Å². The van der Waals surface area contributed by atoms with E-state index >= 15 is 0 Å². The van der Waals surface area contributed by atoms with Crippen molar-refractivity contribution in [3.8, 4) is 28.3 Å². The molecule has 0 spiro atoms. The van der Waals surface area contributed by atoms with Crippen LogP contribution in [0.5, 0.6) is 0 Å². The van der Waals surface area contributed by atoms with Crippen LogP contribution < -0.4 is 4.40 Å². The number of para-hydroxylation sites is 3. The van der Waals surface area contributed by atoms with E-state index in [-0.39, 0.29) is 20.1 Å². The van der Waals surface area contributed by atoms with E-state index in [9.17, 15) is 0 Å². The Labute approximate surface area is 379 Å². The number of nitrogens with zero attached hydrogens (tertiary/aromatic N) is 4. The van der Waals surface area contributed by atoms with E-state index in [1.54, 1.807) is 9.96 Å². The quantitative estimate of drug-likeness (QED) is 0.107. The van der Waals surface area contributed by atoms with Gasteiger partial charge < -0.3 is 8.98 Å². The van der Waals surface area contributed by atoms with Crippen molar-refractivity contribution in [2.24, 2.45) is 5.92 Å². The largest absolute Gasteiger partial charge is 0 e. The number of hydrogen-bond acceptors (Lipinski definition) is 4. The molecule has 7 heteroatoms. The summed E-state index contributed by atoms with van der Waals surface area (Å²) in [4.78, 5) is 14.7. The molecule has 0 aliphatic heterocycles. The molecule has 1 aliphatic rings.